The highest BCUT2D eigenvalue weighted by atomic mass is 16.7. The van der Waals surface area contributed by atoms with Crippen molar-refractivity contribution in [3.05, 3.63) is 11.6 Å². The van der Waals surface area contributed by atoms with E-state index in [0.29, 0.717) is 25.7 Å². The molecule has 9 N–H and O–H groups in total. The number of rotatable bonds is 10. The van der Waals surface area contributed by atoms with Gasteiger partial charge in [-0.2, -0.15) is 0 Å². The van der Waals surface area contributed by atoms with Gasteiger partial charge < -0.3 is 64.9 Å². The number of hydrogen-bond acceptors (Lipinski definition) is 13. The van der Waals surface area contributed by atoms with Crippen LogP contribution in [0.15, 0.2) is 11.6 Å². The standard InChI is InChI=1S/C42H72O13/c1-21(2)10-9-14-42(8,55-37-35(51)33(49)31(47)25(20-44)53-37)22-11-16-41(7)29(22)23(45)18-27-39(5)15-13-28(38(3,4)26(39)12-17-40(27,41)6)54-36-34(50)32(48)30(46)24(19-43)52-36/h10,22-37,43-51H,9,11-20H2,1-8H3/t22-,23?,24?,25?,26-,27-,28?,29+,30?,31?,32?,33?,34?,35?,36+,37?,39+,40+,41+,42-/m1/s1. The van der Waals surface area contributed by atoms with E-state index in [-0.39, 0.29) is 51.4 Å². The predicted molar refractivity (Wildman–Crippen MR) is 201 cm³/mol. The van der Waals surface area contributed by atoms with E-state index in [1.165, 1.54) is 5.57 Å². The molecule has 20 atom stereocenters. The van der Waals surface area contributed by atoms with E-state index in [0.717, 1.165) is 32.1 Å². The van der Waals surface area contributed by atoms with Crippen molar-refractivity contribution in [1.29, 1.82) is 0 Å². The van der Waals surface area contributed by atoms with Gasteiger partial charge in [-0.25, -0.2) is 0 Å². The van der Waals surface area contributed by atoms with Gasteiger partial charge in [0.25, 0.3) is 0 Å². The quantitative estimate of drug-likeness (QED) is 0.115. The highest BCUT2D eigenvalue weighted by Crippen LogP contribution is 2.76. The third-order valence-corrected chi connectivity index (χ3v) is 16.7. The Morgan fingerprint density at radius 1 is 0.709 bits per heavy atom. The predicted octanol–water partition coefficient (Wildman–Crippen LogP) is 2.15. The summed E-state index contributed by atoms with van der Waals surface area (Å²) in [5.74, 6) is 0.196. The monoisotopic (exact) mass is 784 g/mol. The van der Waals surface area contributed by atoms with Crippen molar-refractivity contribution in [2.75, 3.05) is 13.2 Å². The summed E-state index contributed by atoms with van der Waals surface area (Å²) >= 11 is 0. The van der Waals surface area contributed by atoms with E-state index < -0.39 is 86.3 Å². The fraction of sp³-hybridized carbons (Fsp3) is 0.952. The Bertz CT molecular complexity index is 1370. The molecule has 11 unspecified atom stereocenters. The first kappa shape index (κ1) is 43.8. The maximum Gasteiger partial charge on any atom is 0.187 e. The Labute approximate surface area is 327 Å². The molecule has 0 aromatic carbocycles. The zero-order valence-corrected chi connectivity index (χ0v) is 34.3. The summed E-state index contributed by atoms with van der Waals surface area (Å²) < 4.78 is 24.9. The van der Waals surface area contributed by atoms with Crippen LogP contribution >= 0.6 is 0 Å². The third kappa shape index (κ3) is 7.10. The van der Waals surface area contributed by atoms with Crippen LogP contribution in [-0.2, 0) is 18.9 Å². The molecule has 2 saturated heterocycles. The van der Waals surface area contributed by atoms with Gasteiger partial charge in [0.2, 0.25) is 0 Å². The lowest BCUT2D eigenvalue weighted by Gasteiger charge is -2.71. The molecule has 2 aliphatic heterocycles. The van der Waals surface area contributed by atoms with Gasteiger partial charge in [-0.05, 0) is 124 Å². The molecule has 13 nitrogen and oxygen atoms in total. The molecule has 0 bridgehead atoms. The largest absolute Gasteiger partial charge is 0.394 e. The van der Waals surface area contributed by atoms with E-state index in [2.05, 4.69) is 40.7 Å². The summed E-state index contributed by atoms with van der Waals surface area (Å²) in [5.41, 5.74) is -0.592. The number of aliphatic hydroxyl groups excluding tert-OH is 9. The third-order valence-electron chi connectivity index (χ3n) is 16.7. The number of aliphatic hydroxyl groups is 9. The van der Waals surface area contributed by atoms with Crippen LogP contribution in [-0.4, -0.2) is 138 Å². The second-order valence-corrected chi connectivity index (χ2v) is 20.1. The fourth-order valence-corrected chi connectivity index (χ4v) is 13.4. The lowest BCUT2D eigenvalue weighted by atomic mass is 9.35. The second-order valence-electron chi connectivity index (χ2n) is 20.1. The van der Waals surface area contributed by atoms with Gasteiger partial charge >= 0.3 is 0 Å². The molecule has 6 aliphatic rings. The first-order valence-corrected chi connectivity index (χ1v) is 20.9. The molecule has 0 radical (unpaired) electrons. The zero-order valence-electron chi connectivity index (χ0n) is 34.3. The Hall–Kier alpha value is -0.780. The Kier molecular flexibility index (Phi) is 12.5. The molecule has 6 rings (SSSR count). The molecule has 55 heavy (non-hydrogen) atoms. The lowest BCUT2D eigenvalue weighted by Crippen LogP contribution is -2.67. The minimum absolute atomic E-state index is 0.104. The summed E-state index contributed by atoms with van der Waals surface area (Å²) in [6.07, 6.45) is -5.39. The van der Waals surface area contributed by atoms with E-state index in [1.807, 2.05) is 20.8 Å². The summed E-state index contributed by atoms with van der Waals surface area (Å²) in [6.45, 7) is 16.6. The number of fused-ring (bicyclic) bond motifs is 5. The van der Waals surface area contributed by atoms with Gasteiger partial charge in [0, 0.05) is 0 Å². The zero-order chi connectivity index (χ0) is 40.6. The van der Waals surface area contributed by atoms with Gasteiger partial charge in [-0.3, -0.25) is 0 Å². The van der Waals surface area contributed by atoms with Gasteiger partial charge in [0.1, 0.15) is 48.8 Å². The van der Waals surface area contributed by atoms with E-state index in [1.54, 1.807) is 0 Å². The molecule has 0 aromatic rings. The molecule has 0 amide bonds. The minimum Gasteiger partial charge on any atom is -0.394 e. The minimum atomic E-state index is -1.55. The van der Waals surface area contributed by atoms with Crippen molar-refractivity contribution < 1.29 is 64.9 Å². The van der Waals surface area contributed by atoms with Crippen molar-refractivity contribution in [1.82, 2.24) is 0 Å². The van der Waals surface area contributed by atoms with Crippen molar-refractivity contribution in [2.24, 2.45) is 45.3 Å². The second kappa shape index (κ2) is 15.7. The van der Waals surface area contributed by atoms with Crippen LogP contribution in [0.2, 0.25) is 0 Å². The molecule has 6 fully saturated rings. The highest BCUT2D eigenvalue weighted by Gasteiger charge is 2.72. The van der Waals surface area contributed by atoms with E-state index >= 15 is 0 Å². The number of allylic oxidation sites excluding steroid dienone is 2. The molecule has 2 heterocycles. The van der Waals surface area contributed by atoms with Gasteiger partial charge in [-0.15, -0.1) is 0 Å². The Balaban J connectivity index is 1.26. The van der Waals surface area contributed by atoms with Crippen LogP contribution in [0.3, 0.4) is 0 Å². The topological polar surface area (TPSA) is 219 Å². The molecule has 318 valence electrons. The first-order chi connectivity index (χ1) is 25.6. The van der Waals surface area contributed by atoms with Gasteiger partial charge in [0.05, 0.1) is 31.0 Å². The molecular weight excluding hydrogens is 712 g/mol. The lowest BCUT2D eigenvalue weighted by molar-refractivity contribution is -0.338. The van der Waals surface area contributed by atoms with Gasteiger partial charge in [0.15, 0.2) is 12.6 Å². The average molecular weight is 785 g/mol. The maximum atomic E-state index is 12.5. The van der Waals surface area contributed by atoms with Crippen molar-refractivity contribution in [3.63, 3.8) is 0 Å². The SMILES string of the molecule is CC(C)=CCC[C@@](C)(OC1OC(CO)C(O)C(O)C1O)[C@@H]1CC[C@@]2(C)[C@@H]1C(O)C[C@@H]1[C@@]3(C)CCC(O[C@@H]4OC(CO)C(O)C(O)C4O)C(C)(C)[C@H]3CC[C@@]12C. The van der Waals surface area contributed by atoms with E-state index in [4.69, 9.17) is 18.9 Å². The van der Waals surface area contributed by atoms with E-state index in [9.17, 15) is 46.0 Å². The molecule has 4 saturated carbocycles. The fourth-order valence-electron chi connectivity index (χ4n) is 13.4. The molecular formula is C42H72O13. The number of ether oxygens (including phenoxy) is 4. The maximum absolute atomic E-state index is 12.5. The molecule has 4 aliphatic carbocycles. The smallest absolute Gasteiger partial charge is 0.187 e. The van der Waals surface area contributed by atoms with Crippen molar-refractivity contribution in [3.8, 4) is 0 Å². The summed E-state index contributed by atoms with van der Waals surface area (Å²) in [7, 11) is 0. The summed E-state index contributed by atoms with van der Waals surface area (Å²) in [6, 6.07) is 0. The Morgan fingerprint density at radius 2 is 1.27 bits per heavy atom. The normalized spacial score (nSPS) is 52.0. The van der Waals surface area contributed by atoms with Crippen molar-refractivity contribution in [2.45, 2.75) is 192 Å². The van der Waals surface area contributed by atoms with Crippen LogP contribution in [0, 0.1) is 45.3 Å². The number of hydrogen-bond donors (Lipinski definition) is 9. The molecule has 13 heteroatoms. The van der Waals surface area contributed by atoms with Crippen LogP contribution in [0.1, 0.15) is 113 Å². The Morgan fingerprint density at radius 3 is 1.85 bits per heavy atom. The first-order valence-electron chi connectivity index (χ1n) is 20.9. The van der Waals surface area contributed by atoms with Gasteiger partial charge in [-0.1, -0.05) is 46.3 Å². The van der Waals surface area contributed by atoms with Crippen LogP contribution < -0.4 is 0 Å². The average Bonchev–Trinajstić information content (AvgIpc) is 3.51. The molecule has 0 aromatic heterocycles. The summed E-state index contributed by atoms with van der Waals surface area (Å²) in [4.78, 5) is 0. The van der Waals surface area contributed by atoms with Crippen LogP contribution in [0.25, 0.3) is 0 Å². The van der Waals surface area contributed by atoms with Crippen LogP contribution in [0.5, 0.6) is 0 Å². The highest BCUT2D eigenvalue weighted by molar-refractivity contribution is 5.20. The summed E-state index contributed by atoms with van der Waals surface area (Å²) in [5, 5.41) is 95.9. The van der Waals surface area contributed by atoms with Crippen molar-refractivity contribution >= 4 is 0 Å². The van der Waals surface area contributed by atoms with Crippen LogP contribution in [0.4, 0.5) is 0 Å². The molecule has 0 spiro atoms.